The fourth-order valence-corrected chi connectivity index (χ4v) is 2.17. The molecule has 1 saturated heterocycles. The van der Waals surface area contributed by atoms with E-state index >= 15 is 0 Å². The highest BCUT2D eigenvalue weighted by Crippen LogP contribution is 2.16. The molecule has 124 valence electrons. The van der Waals surface area contributed by atoms with Crippen LogP contribution in [0.25, 0.3) is 0 Å². The number of hydrogen-bond donors (Lipinski definition) is 2. The Bertz CT molecular complexity index is 487. The van der Waals surface area contributed by atoms with Gasteiger partial charge < -0.3 is 15.4 Å². The van der Waals surface area contributed by atoms with Gasteiger partial charge in [-0.15, -0.1) is 0 Å². The van der Waals surface area contributed by atoms with Gasteiger partial charge in [-0.05, 0) is 26.2 Å². The first kappa shape index (κ1) is 17.9. The molecule has 0 radical (unpaired) electrons. The highest BCUT2D eigenvalue weighted by molar-refractivity contribution is 6.08. The van der Waals surface area contributed by atoms with E-state index in [0.717, 1.165) is 4.90 Å². The number of rotatable bonds is 6. The molecular weight excluding hydrogens is 290 g/mol. The number of imide groups is 1. The minimum absolute atomic E-state index is 0.167. The molecule has 1 atom stereocenters. The van der Waals surface area contributed by atoms with Gasteiger partial charge in [-0.25, -0.2) is 9.59 Å². The second-order valence-electron chi connectivity index (χ2n) is 6.22. The summed E-state index contributed by atoms with van der Waals surface area (Å²) in [6, 6.07) is -1.42. The lowest BCUT2D eigenvalue weighted by Crippen LogP contribution is -2.48. The van der Waals surface area contributed by atoms with E-state index in [1.807, 2.05) is 13.8 Å². The maximum Gasteiger partial charge on any atom is 0.328 e. The molecule has 1 aliphatic heterocycles. The fraction of sp³-hybridized carbons (Fsp3) is 0.714. The number of urea groups is 1. The third kappa shape index (κ3) is 4.19. The first-order valence-electron chi connectivity index (χ1n) is 7.09. The molecule has 1 fully saturated rings. The third-order valence-electron chi connectivity index (χ3n) is 3.27. The van der Waals surface area contributed by atoms with E-state index in [4.69, 9.17) is 0 Å². The second-order valence-corrected chi connectivity index (χ2v) is 6.22. The average molecular weight is 313 g/mol. The van der Waals surface area contributed by atoms with Crippen LogP contribution in [-0.4, -0.2) is 54.0 Å². The summed E-state index contributed by atoms with van der Waals surface area (Å²) in [5.74, 6) is -1.46. The van der Waals surface area contributed by atoms with Crippen LogP contribution >= 0.6 is 0 Å². The monoisotopic (exact) mass is 313 g/mol. The number of nitrogens with zero attached hydrogens (tertiary/aromatic N) is 1. The van der Waals surface area contributed by atoms with Crippen LogP contribution in [0, 0.1) is 5.92 Å². The number of amides is 4. The van der Waals surface area contributed by atoms with E-state index in [2.05, 4.69) is 15.4 Å². The van der Waals surface area contributed by atoms with Gasteiger partial charge in [-0.1, -0.05) is 13.8 Å². The van der Waals surface area contributed by atoms with E-state index in [1.54, 1.807) is 13.8 Å². The van der Waals surface area contributed by atoms with Crippen LogP contribution in [0.4, 0.5) is 4.79 Å². The zero-order valence-corrected chi connectivity index (χ0v) is 13.6. The lowest BCUT2D eigenvalue weighted by atomic mass is 10.0. The minimum atomic E-state index is -1.03. The molecule has 0 aromatic rings. The molecule has 1 aliphatic rings. The average Bonchev–Trinajstić information content (AvgIpc) is 2.58. The lowest BCUT2D eigenvalue weighted by molar-refractivity contribution is -0.145. The maximum absolute atomic E-state index is 12.0. The van der Waals surface area contributed by atoms with Crippen LogP contribution < -0.4 is 10.6 Å². The van der Waals surface area contributed by atoms with Gasteiger partial charge in [0.15, 0.2) is 0 Å². The number of hydrogen-bond acceptors (Lipinski definition) is 5. The predicted molar refractivity (Wildman–Crippen MR) is 77.7 cm³/mol. The minimum Gasteiger partial charge on any atom is -0.467 e. The van der Waals surface area contributed by atoms with E-state index in [-0.39, 0.29) is 5.92 Å². The normalized spacial score (nSPS) is 18.2. The van der Waals surface area contributed by atoms with Gasteiger partial charge in [0.2, 0.25) is 5.91 Å². The van der Waals surface area contributed by atoms with Crippen LogP contribution in [0.5, 0.6) is 0 Å². The lowest BCUT2D eigenvalue weighted by Gasteiger charge is -2.20. The van der Waals surface area contributed by atoms with Crippen molar-refractivity contribution in [3.8, 4) is 0 Å². The van der Waals surface area contributed by atoms with Gasteiger partial charge >= 0.3 is 12.0 Å². The summed E-state index contributed by atoms with van der Waals surface area (Å²) in [4.78, 5) is 48.2. The van der Waals surface area contributed by atoms with Crippen LogP contribution in [0.3, 0.4) is 0 Å². The molecule has 0 aliphatic carbocycles. The number of ether oxygens (including phenoxy) is 1. The Balaban J connectivity index is 2.70. The third-order valence-corrected chi connectivity index (χ3v) is 3.27. The molecule has 0 aromatic carbocycles. The number of carbonyl (C=O) groups is 4. The molecule has 22 heavy (non-hydrogen) atoms. The molecular formula is C14H23N3O5. The summed E-state index contributed by atoms with van der Waals surface area (Å²) in [6.07, 6.45) is 0.407. The molecule has 1 heterocycles. The SMILES string of the molecule is COC(=O)[C@@H](CC(C)C)NC(=O)CN1C(=O)NC(C)(C)C1=O. The number of esters is 1. The summed E-state index contributed by atoms with van der Waals surface area (Å²) in [5, 5.41) is 4.99. The molecule has 8 nitrogen and oxygen atoms in total. The Kier molecular flexibility index (Phi) is 5.51. The molecule has 4 amide bonds. The molecule has 2 N–H and O–H groups in total. The Hall–Kier alpha value is -2.12. The molecule has 0 aromatic heterocycles. The van der Waals surface area contributed by atoms with Crippen LogP contribution in [0.1, 0.15) is 34.1 Å². The van der Waals surface area contributed by atoms with Crippen molar-refractivity contribution in [2.75, 3.05) is 13.7 Å². The largest absolute Gasteiger partial charge is 0.467 e. The van der Waals surface area contributed by atoms with E-state index in [1.165, 1.54) is 7.11 Å². The van der Waals surface area contributed by atoms with E-state index in [0.29, 0.717) is 6.42 Å². The van der Waals surface area contributed by atoms with Crippen molar-refractivity contribution >= 4 is 23.8 Å². The van der Waals surface area contributed by atoms with Crippen molar-refractivity contribution in [2.45, 2.75) is 45.7 Å². The molecule has 1 rings (SSSR count). The standard InChI is InChI=1S/C14H23N3O5/c1-8(2)6-9(11(19)22-5)15-10(18)7-17-12(20)14(3,4)16-13(17)21/h8-9H,6-7H2,1-5H3,(H,15,18)(H,16,21)/t9-/m1/s1. The summed E-state index contributed by atoms with van der Waals surface area (Å²) >= 11 is 0. The quantitative estimate of drug-likeness (QED) is 0.531. The smallest absolute Gasteiger partial charge is 0.328 e. The van der Waals surface area contributed by atoms with Gasteiger partial charge in [-0.3, -0.25) is 14.5 Å². The van der Waals surface area contributed by atoms with Gasteiger partial charge in [0.1, 0.15) is 18.1 Å². The number of carbonyl (C=O) groups excluding carboxylic acids is 4. The number of nitrogens with one attached hydrogen (secondary N) is 2. The van der Waals surface area contributed by atoms with E-state index in [9.17, 15) is 19.2 Å². The first-order chi connectivity index (χ1) is 10.1. The molecule has 0 unspecified atom stereocenters. The summed E-state index contributed by atoms with van der Waals surface area (Å²) in [5.41, 5.74) is -1.03. The topological polar surface area (TPSA) is 105 Å². The molecule has 0 saturated carbocycles. The summed E-state index contributed by atoms with van der Waals surface area (Å²) < 4.78 is 4.65. The van der Waals surface area contributed by atoms with Crippen LogP contribution in [-0.2, 0) is 19.1 Å². The Morgan fingerprint density at radius 3 is 2.32 bits per heavy atom. The first-order valence-corrected chi connectivity index (χ1v) is 7.09. The van der Waals surface area contributed by atoms with Crippen molar-refractivity contribution in [1.29, 1.82) is 0 Å². The maximum atomic E-state index is 12.0. The summed E-state index contributed by atoms with van der Waals surface area (Å²) in [7, 11) is 1.24. The van der Waals surface area contributed by atoms with E-state index < -0.39 is 41.9 Å². The molecule has 8 heteroatoms. The Morgan fingerprint density at radius 1 is 1.32 bits per heavy atom. The summed E-state index contributed by atoms with van der Waals surface area (Å²) in [6.45, 7) is 6.49. The zero-order valence-electron chi connectivity index (χ0n) is 13.6. The zero-order chi connectivity index (χ0) is 17.1. The van der Waals surface area contributed by atoms with Crippen molar-refractivity contribution in [3.63, 3.8) is 0 Å². The second kappa shape index (κ2) is 6.76. The highest BCUT2D eigenvalue weighted by Gasteiger charge is 2.45. The van der Waals surface area contributed by atoms with Gasteiger partial charge in [0.05, 0.1) is 7.11 Å². The fourth-order valence-electron chi connectivity index (χ4n) is 2.17. The van der Waals surface area contributed by atoms with Crippen molar-refractivity contribution in [2.24, 2.45) is 5.92 Å². The molecule has 0 spiro atoms. The van der Waals surface area contributed by atoms with Gasteiger partial charge in [0, 0.05) is 0 Å². The van der Waals surface area contributed by atoms with Gasteiger partial charge in [0.25, 0.3) is 5.91 Å². The van der Waals surface area contributed by atoms with Crippen LogP contribution in [0.2, 0.25) is 0 Å². The predicted octanol–water partition coefficient (Wildman–Crippen LogP) is 0.0207. The van der Waals surface area contributed by atoms with Gasteiger partial charge in [-0.2, -0.15) is 0 Å². The van der Waals surface area contributed by atoms with Crippen molar-refractivity contribution in [1.82, 2.24) is 15.5 Å². The highest BCUT2D eigenvalue weighted by atomic mass is 16.5. The van der Waals surface area contributed by atoms with Crippen molar-refractivity contribution < 1.29 is 23.9 Å². The molecule has 0 bridgehead atoms. The Labute approximate surface area is 129 Å². The number of methoxy groups -OCH3 is 1. The van der Waals surface area contributed by atoms with Crippen LogP contribution in [0.15, 0.2) is 0 Å². The Morgan fingerprint density at radius 2 is 1.91 bits per heavy atom. The van der Waals surface area contributed by atoms with Crippen molar-refractivity contribution in [3.05, 3.63) is 0 Å².